The molecule has 0 unspecified atom stereocenters. The predicted molar refractivity (Wildman–Crippen MR) is 125 cm³/mol. The molecular weight excluding hydrogens is 472 g/mol. The number of carbonyl (C=O) groups is 2. The molecule has 0 saturated carbocycles. The highest BCUT2D eigenvalue weighted by Crippen LogP contribution is 2.32. The molecule has 1 aliphatic heterocycles. The number of pyridine rings is 1. The molecule has 3 heterocycles. The molecule has 1 fully saturated rings. The van der Waals surface area contributed by atoms with Gasteiger partial charge in [0.2, 0.25) is 0 Å². The van der Waals surface area contributed by atoms with Crippen LogP contribution in [0.4, 0.5) is 4.79 Å². The summed E-state index contributed by atoms with van der Waals surface area (Å²) in [5, 5.41) is 0. The Hall–Kier alpha value is -4.25. The van der Waals surface area contributed by atoms with Crippen LogP contribution >= 0.6 is 0 Å². The van der Waals surface area contributed by atoms with E-state index in [4.69, 9.17) is 9.47 Å². The normalized spacial score (nSPS) is 13.9. The predicted octanol–water partition coefficient (Wildman–Crippen LogP) is 3.69. The van der Waals surface area contributed by atoms with Crippen molar-refractivity contribution in [2.45, 2.75) is 18.4 Å². The number of carbonyl (C=O) groups excluding carboxylic acids is 2. The Morgan fingerprint density at radius 2 is 1.91 bits per heavy atom. The Labute approximate surface area is 200 Å². The third-order valence-electron chi connectivity index (χ3n) is 5.53. The molecule has 2 amide bonds. The molecule has 178 valence electrons. The number of nitrogens with zero attached hydrogens (tertiary/aromatic N) is 3. The van der Waals surface area contributed by atoms with Gasteiger partial charge in [0, 0.05) is 17.8 Å². The first-order chi connectivity index (χ1) is 16.8. The number of rotatable bonds is 7. The van der Waals surface area contributed by atoms with Crippen LogP contribution in [0.2, 0.25) is 0 Å². The van der Waals surface area contributed by atoms with Crippen LogP contribution in [0.5, 0.6) is 11.5 Å². The average Bonchev–Trinajstić information content (AvgIpc) is 3.43. The number of ether oxygens (including phenoxy) is 2. The van der Waals surface area contributed by atoms with E-state index in [1.807, 2.05) is 12.1 Å². The van der Waals surface area contributed by atoms with Crippen molar-refractivity contribution in [1.29, 1.82) is 0 Å². The number of benzene rings is 2. The molecule has 2 aromatic carbocycles. The van der Waals surface area contributed by atoms with E-state index in [0.29, 0.717) is 39.6 Å². The zero-order chi connectivity index (χ0) is 24.6. The van der Waals surface area contributed by atoms with Crippen molar-refractivity contribution in [2.75, 3.05) is 12.4 Å². The quantitative estimate of drug-likeness (QED) is 0.413. The number of nitrogens with one attached hydrogen (secondary N) is 1. The van der Waals surface area contributed by atoms with Crippen LogP contribution in [0.3, 0.4) is 0 Å². The lowest BCUT2D eigenvalue weighted by Crippen LogP contribution is -2.28. The van der Waals surface area contributed by atoms with Crippen molar-refractivity contribution in [3.05, 3.63) is 66.4 Å². The van der Waals surface area contributed by atoms with Gasteiger partial charge < -0.3 is 14.5 Å². The molecule has 35 heavy (non-hydrogen) atoms. The molecule has 10 nitrogen and oxygen atoms in total. The molecular formula is C24H20N4O6S. The Balaban J connectivity index is 1.54. The standard InChI is InChI=1S/C24H20N4O6S/c1-2-35(31,32)17-8-6-16(7-9-17)34-21-12-20-19(26-23(27-20)18-5-3-4-10-25-18)11-15(21)13-28-22(29)14-33-24(28)30/h3-12H,2,13-14H2,1H3,(H,26,27). The number of hydrogen-bond donors (Lipinski definition) is 1. The second kappa shape index (κ2) is 8.84. The third-order valence-corrected chi connectivity index (χ3v) is 7.28. The molecule has 2 aromatic heterocycles. The van der Waals surface area contributed by atoms with Crippen molar-refractivity contribution >= 4 is 32.9 Å². The summed E-state index contributed by atoms with van der Waals surface area (Å²) in [6.07, 6.45) is 0.934. The van der Waals surface area contributed by atoms with E-state index in [1.54, 1.807) is 43.5 Å². The number of hydrogen-bond acceptors (Lipinski definition) is 8. The number of amides is 2. The Bertz CT molecular complexity index is 1520. The van der Waals surface area contributed by atoms with Gasteiger partial charge >= 0.3 is 6.09 Å². The van der Waals surface area contributed by atoms with Crippen molar-refractivity contribution < 1.29 is 27.5 Å². The number of aromatic nitrogens is 3. The second-order valence-corrected chi connectivity index (χ2v) is 10.1. The summed E-state index contributed by atoms with van der Waals surface area (Å²) in [6.45, 7) is 1.21. The maximum atomic E-state index is 12.1. The number of imidazole rings is 1. The lowest BCUT2D eigenvalue weighted by Gasteiger charge is -2.15. The molecule has 0 spiro atoms. The summed E-state index contributed by atoms with van der Waals surface area (Å²) in [5.74, 6) is 0.834. The topological polar surface area (TPSA) is 132 Å². The highest BCUT2D eigenvalue weighted by molar-refractivity contribution is 7.91. The van der Waals surface area contributed by atoms with Crippen LogP contribution in [0, 0.1) is 0 Å². The lowest BCUT2D eigenvalue weighted by atomic mass is 10.1. The smallest absolute Gasteiger partial charge is 0.417 e. The van der Waals surface area contributed by atoms with Gasteiger partial charge in [-0.3, -0.25) is 9.78 Å². The fraction of sp³-hybridized carbons (Fsp3) is 0.167. The molecule has 11 heteroatoms. The second-order valence-electron chi connectivity index (χ2n) is 7.79. The molecule has 4 aromatic rings. The maximum Gasteiger partial charge on any atom is 0.417 e. The van der Waals surface area contributed by atoms with Gasteiger partial charge in [-0.1, -0.05) is 13.0 Å². The minimum absolute atomic E-state index is 0.00819. The third kappa shape index (κ3) is 4.45. The van der Waals surface area contributed by atoms with Crippen molar-refractivity contribution in [3.8, 4) is 23.0 Å². The van der Waals surface area contributed by atoms with Gasteiger partial charge in [-0.25, -0.2) is 23.1 Å². The summed E-state index contributed by atoms with van der Waals surface area (Å²) in [6, 6.07) is 15.0. The van der Waals surface area contributed by atoms with E-state index >= 15 is 0 Å². The van der Waals surface area contributed by atoms with Gasteiger partial charge in [-0.2, -0.15) is 0 Å². The Morgan fingerprint density at radius 1 is 1.11 bits per heavy atom. The van der Waals surface area contributed by atoms with E-state index in [2.05, 4.69) is 15.0 Å². The summed E-state index contributed by atoms with van der Waals surface area (Å²) in [7, 11) is -3.35. The zero-order valence-corrected chi connectivity index (χ0v) is 19.4. The molecule has 5 rings (SSSR count). The van der Waals surface area contributed by atoms with Gasteiger partial charge in [0.05, 0.1) is 28.2 Å². The molecule has 0 bridgehead atoms. The summed E-state index contributed by atoms with van der Waals surface area (Å²) < 4.78 is 35.1. The number of imide groups is 1. The number of aromatic amines is 1. The van der Waals surface area contributed by atoms with E-state index in [-0.39, 0.29) is 23.8 Å². The zero-order valence-electron chi connectivity index (χ0n) is 18.6. The number of H-pyrrole nitrogens is 1. The van der Waals surface area contributed by atoms with Gasteiger partial charge in [0.25, 0.3) is 5.91 Å². The fourth-order valence-corrected chi connectivity index (χ4v) is 4.52. The largest absolute Gasteiger partial charge is 0.457 e. The van der Waals surface area contributed by atoms with Gasteiger partial charge in [-0.05, 0) is 42.5 Å². The molecule has 0 atom stereocenters. The summed E-state index contributed by atoms with van der Waals surface area (Å²) >= 11 is 0. The van der Waals surface area contributed by atoms with Crippen LogP contribution in [0.1, 0.15) is 12.5 Å². The highest BCUT2D eigenvalue weighted by Gasteiger charge is 2.32. The summed E-state index contributed by atoms with van der Waals surface area (Å²) in [4.78, 5) is 37.5. The van der Waals surface area contributed by atoms with Crippen LogP contribution < -0.4 is 4.74 Å². The fourth-order valence-electron chi connectivity index (χ4n) is 3.64. The maximum absolute atomic E-state index is 12.1. The van der Waals surface area contributed by atoms with Crippen LogP contribution in [0.25, 0.3) is 22.6 Å². The summed E-state index contributed by atoms with van der Waals surface area (Å²) in [5.41, 5.74) is 2.44. The SMILES string of the molecule is CCS(=O)(=O)c1ccc(Oc2cc3nc(-c4ccccn4)[nH]c3cc2CN2C(=O)COC2=O)cc1. The first kappa shape index (κ1) is 22.5. The van der Waals surface area contributed by atoms with Crippen LogP contribution in [-0.4, -0.2) is 52.6 Å². The molecule has 1 saturated heterocycles. The minimum Gasteiger partial charge on any atom is -0.457 e. The number of fused-ring (bicyclic) bond motifs is 1. The minimum atomic E-state index is -3.35. The number of sulfone groups is 1. The first-order valence-electron chi connectivity index (χ1n) is 10.8. The molecule has 1 aliphatic rings. The number of cyclic esters (lactones) is 1. The van der Waals surface area contributed by atoms with E-state index in [0.717, 1.165) is 4.90 Å². The van der Waals surface area contributed by atoms with Crippen LogP contribution in [0.15, 0.2) is 65.7 Å². The molecule has 0 radical (unpaired) electrons. The Kier molecular flexibility index (Phi) is 5.69. The monoisotopic (exact) mass is 492 g/mol. The van der Waals surface area contributed by atoms with Crippen molar-refractivity contribution in [1.82, 2.24) is 19.9 Å². The highest BCUT2D eigenvalue weighted by atomic mass is 32.2. The van der Waals surface area contributed by atoms with Gasteiger partial charge in [-0.15, -0.1) is 0 Å². The van der Waals surface area contributed by atoms with Gasteiger partial charge in [0.1, 0.15) is 17.2 Å². The van der Waals surface area contributed by atoms with Crippen molar-refractivity contribution in [2.24, 2.45) is 0 Å². The molecule has 1 N–H and O–H groups in total. The van der Waals surface area contributed by atoms with E-state index < -0.39 is 21.8 Å². The van der Waals surface area contributed by atoms with Crippen molar-refractivity contribution in [3.63, 3.8) is 0 Å². The lowest BCUT2D eigenvalue weighted by molar-refractivity contribution is -0.126. The van der Waals surface area contributed by atoms with E-state index in [9.17, 15) is 18.0 Å². The van der Waals surface area contributed by atoms with Gasteiger partial charge in [0.15, 0.2) is 22.3 Å². The van der Waals surface area contributed by atoms with Crippen LogP contribution in [-0.2, 0) is 25.9 Å². The molecule has 0 aliphatic carbocycles. The Morgan fingerprint density at radius 3 is 2.57 bits per heavy atom. The van der Waals surface area contributed by atoms with E-state index in [1.165, 1.54) is 12.1 Å². The average molecular weight is 493 g/mol. The first-order valence-corrected chi connectivity index (χ1v) is 12.4.